The lowest BCUT2D eigenvalue weighted by molar-refractivity contribution is 0.666. The van der Waals surface area contributed by atoms with E-state index in [0.717, 1.165) is 12.1 Å². The predicted octanol–water partition coefficient (Wildman–Crippen LogP) is 4.87. The second-order valence-electron chi connectivity index (χ2n) is 4.73. The van der Waals surface area contributed by atoms with Gasteiger partial charge in [-0.3, -0.25) is 4.98 Å². The van der Waals surface area contributed by atoms with Crippen LogP contribution in [0, 0.1) is 0 Å². The van der Waals surface area contributed by atoms with Gasteiger partial charge in [0.15, 0.2) is 0 Å². The standard InChI is InChI=1S/C17H21N/c1-2-3-4-6-9-15-12-13-17(18-14-15)16-10-7-5-8-11-16/h5,7-8,10-14H,2-4,6,9H2,1H3. The summed E-state index contributed by atoms with van der Waals surface area (Å²) in [5.41, 5.74) is 3.61. The molecular formula is C17H21N. The number of rotatable bonds is 6. The summed E-state index contributed by atoms with van der Waals surface area (Å²) in [4.78, 5) is 4.55. The van der Waals surface area contributed by atoms with Gasteiger partial charge in [-0.05, 0) is 24.5 Å². The minimum Gasteiger partial charge on any atom is -0.256 e. The molecule has 0 saturated heterocycles. The van der Waals surface area contributed by atoms with Crippen LogP contribution in [0.1, 0.15) is 38.2 Å². The van der Waals surface area contributed by atoms with Gasteiger partial charge < -0.3 is 0 Å². The van der Waals surface area contributed by atoms with Crippen molar-refractivity contribution in [2.75, 3.05) is 0 Å². The molecule has 1 aromatic carbocycles. The highest BCUT2D eigenvalue weighted by Crippen LogP contribution is 2.17. The van der Waals surface area contributed by atoms with Crippen molar-refractivity contribution in [3.63, 3.8) is 0 Å². The molecule has 0 radical (unpaired) electrons. The number of nitrogens with zero attached hydrogens (tertiary/aromatic N) is 1. The third-order valence-electron chi connectivity index (χ3n) is 3.21. The summed E-state index contributed by atoms with van der Waals surface area (Å²) in [7, 11) is 0. The predicted molar refractivity (Wildman–Crippen MR) is 77.5 cm³/mol. The number of aryl methyl sites for hydroxylation is 1. The first kappa shape index (κ1) is 12.8. The van der Waals surface area contributed by atoms with Gasteiger partial charge in [-0.25, -0.2) is 0 Å². The van der Waals surface area contributed by atoms with Gasteiger partial charge in [-0.1, -0.05) is 62.6 Å². The highest BCUT2D eigenvalue weighted by Gasteiger charge is 1.99. The fraction of sp³-hybridized carbons (Fsp3) is 0.353. The number of hydrogen-bond acceptors (Lipinski definition) is 1. The van der Waals surface area contributed by atoms with Crippen LogP contribution in [0.2, 0.25) is 0 Å². The first-order valence-electron chi connectivity index (χ1n) is 6.90. The highest BCUT2D eigenvalue weighted by atomic mass is 14.7. The van der Waals surface area contributed by atoms with Crippen LogP contribution in [-0.2, 0) is 6.42 Å². The van der Waals surface area contributed by atoms with Crippen LogP contribution in [-0.4, -0.2) is 4.98 Å². The Kier molecular flexibility index (Phi) is 4.95. The van der Waals surface area contributed by atoms with Crippen LogP contribution < -0.4 is 0 Å². The number of hydrogen-bond donors (Lipinski definition) is 0. The van der Waals surface area contributed by atoms with Crippen LogP contribution in [0.15, 0.2) is 48.7 Å². The number of unbranched alkanes of at least 4 members (excludes halogenated alkanes) is 3. The van der Waals surface area contributed by atoms with Gasteiger partial charge in [0.1, 0.15) is 0 Å². The maximum absolute atomic E-state index is 4.55. The van der Waals surface area contributed by atoms with Crippen molar-refractivity contribution in [2.24, 2.45) is 0 Å². The molecule has 0 amide bonds. The monoisotopic (exact) mass is 239 g/mol. The molecule has 1 heteroatoms. The smallest absolute Gasteiger partial charge is 0.0702 e. The van der Waals surface area contributed by atoms with E-state index in [1.165, 1.54) is 36.8 Å². The maximum atomic E-state index is 4.55. The minimum absolute atomic E-state index is 1.06. The SMILES string of the molecule is CCCCCCc1ccc(-c2ccccc2)nc1. The van der Waals surface area contributed by atoms with Crippen molar-refractivity contribution < 1.29 is 0 Å². The van der Waals surface area contributed by atoms with Gasteiger partial charge in [-0.2, -0.15) is 0 Å². The number of benzene rings is 1. The zero-order valence-corrected chi connectivity index (χ0v) is 11.1. The lowest BCUT2D eigenvalue weighted by atomic mass is 10.1. The van der Waals surface area contributed by atoms with Gasteiger partial charge in [0.25, 0.3) is 0 Å². The van der Waals surface area contributed by atoms with Crippen molar-refractivity contribution in [2.45, 2.75) is 39.0 Å². The Morgan fingerprint density at radius 2 is 1.72 bits per heavy atom. The van der Waals surface area contributed by atoms with Crippen molar-refractivity contribution in [3.05, 3.63) is 54.2 Å². The Labute approximate surface area is 110 Å². The largest absolute Gasteiger partial charge is 0.256 e. The molecule has 0 N–H and O–H groups in total. The molecular weight excluding hydrogens is 218 g/mol. The molecule has 0 unspecified atom stereocenters. The minimum atomic E-state index is 1.06. The van der Waals surface area contributed by atoms with E-state index in [0.29, 0.717) is 0 Å². The van der Waals surface area contributed by atoms with Gasteiger partial charge in [0.05, 0.1) is 5.69 Å². The molecule has 0 aliphatic heterocycles. The molecule has 1 aromatic heterocycles. The Bertz CT molecular complexity index is 445. The Balaban J connectivity index is 1.94. The molecule has 1 heterocycles. The zero-order chi connectivity index (χ0) is 12.6. The summed E-state index contributed by atoms with van der Waals surface area (Å²) in [5, 5.41) is 0. The molecule has 0 spiro atoms. The van der Waals surface area contributed by atoms with E-state index >= 15 is 0 Å². The van der Waals surface area contributed by atoms with Crippen LogP contribution >= 0.6 is 0 Å². The summed E-state index contributed by atoms with van der Waals surface area (Å²) < 4.78 is 0. The van der Waals surface area contributed by atoms with Crippen molar-refractivity contribution in [1.82, 2.24) is 4.98 Å². The first-order chi connectivity index (χ1) is 8.90. The summed E-state index contributed by atoms with van der Waals surface area (Å²) in [6.07, 6.45) is 8.42. The summed E-state index contributed by atoms with van der Waals surface area (Å²) in [5.74, 6) is 0. The van der Waals surface area contributed by atoms with E-state index in [-0.39, 0.29) is 0 Å². The lowest BCUT2D eigenvalue weighted by Gasteiger charge is -2.03. The zero-order valence-electron chi connectivity index (χ0n) is 11.1. The van der Waals surface area contributed by atoms with Crippen LogP contribution in [0.3, 0.4) is 0 Å². The van der Waals surface area contributed by atoms with Crippen LogP contribution in [0.4, 0.5) is 0 Å². The maximum Gasteiger partial charge on any atom is 0.0702 e. The fourth-order valence-electron chi connectivity index (χ4n) is 2.11. The normalized spacial score (nSPS) is 10.5. The molecule has 0 saturated carbocycles. The number of pyridine rings is 1. The van der Waals surface area contributed by atoms with E-state index in [4.69, 9.17) is 0 Å². The lowest BCUT2D eigenvalue weighted by Crippen LogP contribution is -1.89. The molecule has 0 atom stereocenters. The number of aromatic nitrogens is 1. The summed E-state index contributed by atoms with van der Waals surface area (Å²) >= 11 is 0. The van der Waals surface area contributed by atoms with Gasteiger partial charge >= 0.3 is 0 Å². The molecule has 1 nitrogen and oxygen atoms in total. The average Bonchev–Trinajstić information content (AvgIpc) is 2.45. The molecule has 94 valence electrons. The molecule has 0 aliphatic carbocycles. The summed E-state index contributed by atoms with van der Waals surface area (Å²) in [6.45, 7) is 2.25. The Hall–Kier alpha value is -1.63. The molecule has 0 bridgehead atoms. The van der Waals surface area contributed by atoms with Crippen LogP contribution in [0.25, 0.3) is 11.3 Å². The quantitative estimate of drug-likeness (QED) is 0.655. The van der Waals surface area contributed by atoms with Gasteiger partial charge in [0.2, 0.25) is 0 Å². The highest BCUT2D eigenvalue weighted by molar-refractivity contribution is 5.58. The van der Waals surface area contributed by atoms with E-state index in [2.05, 4.69) is 48.3 Å². The third-order valence-corrected chi connectivity index (χ3v) is 3.21. The van der Waals surface area contributed by atoms with E-state index < -0.39 is 0 Å². The topological polar surface area (TPSA) is 12.9 Å². The summed E-state index contributed by atoms with van der Waals surface area (Å²) in [6, 6.07) is 14.7. The molecule has 0 fully saturated rings. The third kappa shape index (κ3) is 3.69. The first-order valence-corrected chi connectivity index (χ1v) is 6.90. The average molecular weight is 239 g/mol. The molecule has 2 rings (SSSR count). The van der Waals surface area contributed by atoms with E-state index in [1.807, 2.05) is 12.3 Å². The second-order valence-corrected chi connectivity index (χ2v) is 4.73. The fourth-order valence-corrected chi connectivity index (χ4v) is 2.11. The van der Waals surface area contributed by atoms with Crippen molar-refractivity contribution in [1.29, 1.82) is 0 Å². The van der Waals surface area contributed by atoms with Crippen molar-refractivity contribution in [3.8, 4) is 11.3 Å². The molecule has 2 aromatic rings. The van der Waals surface area contributed by atoms with E-state index in [9.17, 15) is 0 Å². The molecule has 0 aliphatic rings. The second kappa shape index (κ2) is 6.95. The Morgan fingerprint density at radius 1 is 0.889 bits per heavy atom. The Morgan fingerprint density at radius 3 is 2.39 bits per heavy atom. The van der Waals surface area contributed by atoms with Gasteiger partial charge in [0, 0.05) is 11.8 Å². The van der Waals surface area contributed by atoms with Crippen LogP contribution in [0.5, 0.6) is 0 Å². The van der Waals surface area contributed by atoms with Crippen molar-refractivity contribution >= 4 is 0 Å². The molecule has 18 heavy (non-hydrogen) atoms. The van der Waals surface area contributed by atoms with E-state index in [1.54, 1.807) is 0 Å². The van der Waals surface area contributed by atoms with Gasteiger partial charge in [-0.15, -0.1) is 0 Å².